The van der Waals surface area contributed by atoms with E-state index in [-0.39, 0.29) is 12.5 Å². The summed E-state index contributed by atoms with van der Waals surface area (Å²) in [6.45, 7) is 2.90. The molecule has 0 saturated carbocycles. The van der Waals surface area contributed by atoms with Crippen molar-refractivity contribution in [2.24, 2.45) is 5.92 Å². The first-order valence-corrected chi connectivity index (χ1v) is 7.16. The molecule has 0 bridgehead atoms. The molecule has 6 nitrogen and oxygen atoms in total. The number of amides is 2. The molecule has 0 spiro atoms. The van der Waals surface area contributed by atoms with Gasteiger partial charge in [-0.1, -0.05) is 22.0 Å². The van der Waals surface area contributed by atoms with Gasteiger partial charge in [0.1, 0.15) is 0 Å². The van der Waals surface area contributed by atoms with Crippen LogP contribution in [-0.4, -0.2) is 35.5 Å². The predicted molar refractivity (Wildman–Crippen MR) is 80.9 cm³/mol. The Morgan fingerprint density at radius 3 is 2.52 bits per heavy atom. The molecular weight excluding hydrogens is 340 g/mol. The van der Waals surface area contributed by atoms with E-state index in [1.165, 1.54) is 6.92 Å². The van der Waals surface area contributed by atoms with Gasteiger partial charge < -0.3 is 15.7 Å². The van der Waals surface area contributed by atoms with Crippen LogP contribution in [0.3, 0.4) is 0 Å². The van der Waals surface area contributed by atoms with Crippen LogP contribution in [0.2, 0.25) is 0 Å². The van der Waals surface area contributed by atoms with Crippen LogP contribution >= 0.6 is 15.9 Å². The van der Waals surface area contributed by atoms with Crippen molar-refractivity contribution in [3.63, 3.8) is 0 Å². The first-order chi connectivity index (χ1) is 9.81. The molecular formula is C14H17BrN2O4. The van der Waals surface area contributed by atoms with Crippen LogP contribution in [0.25, 0.3) is 0 Å². The van der Waals surface area contributed by atoms with Gasteiger partial charge in [0.2, 0.25) is 5.91 Å². The number of nitrogens with one attached hydrogen (secondary N) is 2. The van der Waals surface area contributed by atoms with Crippen LogP contribution < -0.4 is 10.6 Å². The first kappa shape index (κ1) is 17.2. The van der Waals surface area contributed by atoms with Crippen LogP contribution in [0.15, 0.2) is 28.7 Å². The molecule has 0 radical (unpaired) electrons. The highest BCUT2D eigenvalue weighted by molar-refractivity contribution is 9.10. The summed E-state index contributed by atoms with van der Waals surface area (Å²) in [5.74, 6) is -2.49. The predicted octanol–water partition coefficient (Wildman–Crippen LogP) is 1.40. The maximum absolute atomic E-state index is 11.8. The van der Waals surface area contributed by atoms with Gasteiger partial charge in [-0.3, -0.25) is 14.4 Å². The minimum absolute atomic E-state index is 0.206. The summed E-state index contributed by atoms with van der Waals surface area (Å²) in [7, 11) is 0. The van der Waals surface area contributed by atoms with E-state index in [1.54, 1.807) is 31.2 Å². The van der Waals surface area contributed by atoms with Crippen molar-refractivity contribution in [2.45, 2.75) is 19.9 Å². The van der Waals surface area contributed by atoms with Gasteiger partial charge in [0.05, 0.1) is 12.5 Å². The van der Waals surface area contributed by atoms with E-state index in [4.69, 9.17) is 5.11 Å². The fourth-order valence-corrected chi connectivity index (χ4v) is 1.94. The third-order valence-corrected chi connectivity index (χ3v) is 3.52. The van der Waals surface area contributed by atoms with Gasteiger partial charge in [0.15, 0.2) is 0 Å². The molecule has 2 atom stereocenters. The number of rotatable bonds is 6. The normalized spacial score (nSPS) is 13.1. The summed E-state index contributed by atoms with van der Waals surface area (Å²) in [4.78, 5) is 34.3. The van der Waals surface area contributed by atoms with Gasteiger partial charge in [-0.15, -0.1) is 0 Å². The molecule has 21 heavy (non-hydrogen) atoms. The molecule has 0 saturated heterocycles. The number of benzene rings is 1. The Bertz CT molecular complexity index is 548. The molecule has 0 aliphatic heterocycles. The van der Waals surface area contributed by atoms with Crippen LogP contribution in [0.5, 0.6) is 0 Å². The number of hydrogen-bond acceptors (Lipinski definition) is 3. The van der Waals surface area contributed by atoms with E-state index in [1.807, 2.05) is 0 Å². The van der Waals surface area contributed by atoms with Crippen molar-refractivity contribution < 1.29 is 19.5 Å². The van der Waals surface area contributed by atoms with E-state index in [0.717, 1.165) is 4.47 Å². The zero-order valence-corrected chi connectivity index (χ0v) is 13.3. The summed E-state index contributed by atoms with van der Waals surface area (Å²) >= 11 is 3.26. The molecule has 7 heteroatoms. The summed E-state index contributed by atoms with van der Waals surface area (Å²) < 4.78 is 0.767. The van der Waals surface area contributed by atoms with E-state index in [2.05, 4.69) is 26.6 Å². The monoisotopic (exact) mass is 356 g/mol. The van der Waals surface area contributed by atoms with Crippen molar-refractivity contribution >= 4 is 33.7 Å². The maximum Gasteiger partial charge on any atom is 0.308 e. The van der Waals surface area contributed by atoms with Gasteiger partial charge in [-0.2, -0.15) is 0 Å². The fraction of sp³-hybridized carbons (Fsp3) is 0.357. The largest absolute Gasteiger partial charge is 0.481 e. The highest BCUT2D eigenvalue weighted by Gasteiger charge is 2.21. The second-order valence-corrected chi connectivity index (χ2v) is 5.59. The van der Waals surface area contributed by atoms with Crippen molar-refractivity contribution in [1.82, 2.24) is 10.6 Å². The second kappa shape index (κ2) is 7.78. The number of carboxylic acid groups (broad SMARTS) is 1. The minimum atomic E-state index is -0.985. The van der Waals surface area contributed by atoms with Crippen LogP contribution in [0.1, 0.15) is 24.2 Å². The molecule has 0 heterocycles. The van der Waals surface area contributed by atoms with E-state index in [0.29, 0.717) is 5.56 Å². The highest BCUT2D eigenvalue weighted by atomic mass is 79.9. The third kappa shape index (κ3) is 5.55. The lowest BCUT2D eigenvalue weighted by molar-refractivity contribution is -0.142. The smallest absolute Gasteiger partial charge is 0.308 e. The van der Waals surface area contributed by atoms with Crippen LogP contribution in [0, 0.1) is 5.92 Å². The maximum atomic E-state index is 11.8. The molecule has 3 N–H and O–H groups in total. The molecule has 2 unspecified atom stereocenters. The molecule has 0 aliphatic rings. The Kier molecular flexibility index (Phi) is 6.36. The standard InChI is InChI=1S/C14H17BrN2O4/c1-8(14(20)21)9(2)17-12(18)7-16-13(19)10-4-3-5-11(15)6-10/h3-6,8-9H,7H2,1-2H3,(H,16,19)(H,17,18)(H,20,21). The average Bonchev–Trinajstić information content (AvgIpc) is 2.43. The number of hydrogen-bond donors (Lipinski definition) is 3. The zero-order chi connectivity index (χ0) is 16.0. The SMILES string of the molecule is CC(NC(=O)CNC(=O)c1cccc(Br)c1)C(C)C(=O)O. The average molecular weight is 357 g/mol. The molecule has 2 amide bonds. The molecule has 0 fully saturated rings. The lowest BCUT2D eigenvalue weighted by atomic mass is 10.0. The quantitative estimate of drug-likeness (QED) is 0.717. The van der Waals surface area contributed by atoms with Gasteiger partial charge in [-0.25, -0.2) is 0 Å². The topological polar surface area (TPSA) is 95.5 Å². The van der Waals surface area contributed by atoms with Crippen molar-refractivity contribution in [2.75, 3.05) is 6.54 Å². The van der Waals surface area contributed by atoms with Gasteiger partial charge >= 0.3 is 5.97 Å². The summed E-state index contributed by atoms with van der Waals surface area (Å²) in [5.41, 5.74) is 0.434. The number of aliphatic carboxylic acids is 1. The Morgan fingerprint density at radius 1 is 1.29 bits per heavy atom. The first-order valence-electron chi connectivity index (χ1n) is 6.37. The van der Waals surface area contributed by atoms with Crippen LogP contribution in [-0.2, 0) is 9.59 Å². The molecule has 1 aromatic rings. The summed E-state index contributed by atoms with van der Waals surface area (Å²) in [6.07, 6.45) is 0. The molecule has 1 rings (SSSR count). The number of carbonyl (C=O) groups is 3. The molecule has 0 aliphatic carbocycles. The Labute approximate surface area is 131 Å². The Morgan fingerprint density at radius 2 is 1.95 bits per heavy atom. The molecule has 0 aromatic heterocycles. The number of carbonyl (C=O) groups excluding carboxylic acids is 2. The molecule has 1 aromatic carbocycles. The second-order valence-electron chi connectivity index (χ2n) is 4.68. The van der Waals surface area contributed by atoms with E-state index < -0.39 is 23.8 Å². The van der Waals surface area contributed by atoms with Gasteiger partial charge in [0, 0.05) is 16.1 Å². The number of halogens is 1. The van der Waals surface area contributed by atoms with E-state index >= 15 is 0 Å². The Hall–Kier alpha value is -1.89. The molecule has 114 valence electrons. The Balaban J connectivity index is 2.46. The summed E-state index contributed by atoms with van der Waals surface area (Å²) in [5, 5.41) is 13.8. The highest BCUT2D eigenvalue weighted by Crippen LogP contribution is 2.11. The van der Waals surface area contributed by atoms with Crippen LogP contribution in [0.4, 0.5) is 0 Å². The third-order valence-electron chi connectivity index (χ3n) is 3.02. The van der Waals surface area contributed by atoms with Crippen molar-refractivity contribution in [3.8, 4) is 0 Å². The summed E-state index contributed by atoms with van der Waals surface area (Å²) in [6, 6.07) is 6.27. The fourth-order valence-electron chi connectivity index (χ4n) is 1.54. The van der Waals surface area contributed by atoms with Gasteiger partial charge in [0.25, 0.3) is 5.91 Å². The lowest BCUT2D eigenvalue weighted by Gasteiger charge is -2.17. The van der Waals surface area contributed by atoms with Gasteiger partial charge in [-0.05, 0) is 32.0 Å². The number of carboxylic acids is 1. The van der Waals surface area contributed by atoms with Crippen molar-refractivity contribution in [1.29, 1.82) is 0 Å². The van der Waals surface area contributed by atoms with Crippen molar-refractivity contribution in [3.05, 3.63) is 34.3 Å². The minimum Gasteiger partial charge on any atom is -0.481 e. The zero-order valence-electron chi connectivity index (χ0n) is 11.7. The van der Waals surface area contributed by atoms with E-state index in [9.17, 15) is 14.4 Å². The lowest BCUT2D eigenvalue weighted by Crippen LogP contribution is -2.44.